The quantitative estimate of drug-likeness (QED) is 0.505. The first-order valence-corrected chi connectivity index (χ1v) is 7.13. The Kier molecular flexibility index (Phi) is 6.81. The molecule has 0 amide bonds. The van der Waals surface area contributed by atoms with Gasteiger partial charge in [-0.05, 0) is 6.42 Å². The molecule has 0 aromatic heterocycles. The highest BCUT2D eigenvalue weighted by Crippen LogP contribution is 2.19. The van der Waals surface area contributed by atoms with Gasteiger partial charge in [0.1, 0.15) is 0 Å². The van der Waals surface area contributed by atoms with E-state index in [1.54, 1.807) is 13.8 Å². The van der Waals surface area contributed by atoms with Crippen LogP contribution in [0.4, 0.5) is 0 Å². The van der Waals surface area contributed by atoms with Gasteiger partial charge in [-0.2, -0.15) is 0 Å². The minimum atomic E-state index is -2.90. The molecule has 0 spiro atoms. The maximum atomic E-state index is 11.5. The van der Waals surface area contributed by atoms with Crippen LogP contribution in [0.25, 0.3) is 0 Å². The molecule has 0 heterocycles. The monoisotopic (exact) mass is 250 g/mol. The molecule has 0 fully saturated rings. The number of ether oxygens (including phenoxy) is 1. The number of esters is 1. The lowest BCUT2D eigenvalue weighted by molar-refractivity contribution is -0.152. The Morgan fingerprint density at radius 2 is 1.56 bits per heavy atom. The van der Waals surface area contributed by atoms with Crippen molar-refractivity contribution in [2.24, 2.45) is 5.92 Å². The van der Waals surface area contributed by atoms with Gasteiger partial charge in [0.2, 0.25) is 0 Å². The maximum absolute atomic E-state index is 11.5. The molecule has 96 valence electrons. The summed E-state index contributed by atoms with van der Waals surface area (Å²) >= 11 is 0. The van der Waals surface area contributed by atoms with Crippen molar-refractivity contribution < 1.29 is 22.8 Å². The van der Waals surface area contributed by atoms with Crippen molar-refractivity contribution in [1.82, 2.24) is 0 Å². The summed E-state index contributed by atoms with van der Waals surface area (Å²) < 4.78 is 21.2. The normalized spacial score (nSPS) is 13.9. The lowest BCUT2D eigenvalue weighted by Crippen LogP contribution is -2.56. The van der Waals surface area contributed by atoms with E-state index in [2.05, 4.69) is 0 Å². The number of rotatable bonds is 7. The second-order valence-electron chi connectivity index (χ2n) is 3.70. The Labute approximate surface area is 98.4 Å². The van der Waals surface area contributed by atoms with Gasteiger partial charge in [-0.3, -0.25) is 4.79 Å². The van der Waals surface area contributed by atoms with E-state index < -0.39 is 14.5 Å². The van der Waals surface area contributed by atoms with Gasteiger partial charge in [0.15, 0.2) is 5.73 Å². The molecule has 6 heteroatoms. The van der Waals surface area contributed by atoms with Gasteiger partial charge < -0.3 is 18.0 Å². The Balaban J connectivity index is 4.74. The fraction of sp³-hybridized carbons (Fsp3) is 0.900. The van der Waals surface area contributed by atoms with E-state index in [1.165, 1.54) is 21.3 Å². The Morgan fingerprint density at radius 3 is 1.81 bits per heavy atom. The van der Waals surface area contributed by atoms with Crippen LogP contribution in [0.3, 0.4) is 0 Å². The fourth-order valence-corrected chi connectivity index (χ4v) is 3.38. The molecule has 0 rings (SSSR count). The third-order valence-electron chi connectivity index (χ3n) is 2.35. The lowest BCUT2D eigenvalue weighted by Gasteiger charge is -2.31. The molecular weight excluding hydrogens is 228 g/mol. The van der Waals surface area contributed by atoms with Crippen LogP contribution in [-0.2, 0) is 22.8 Å². The molecule has 1 atom stereocenters. The topological polar surface area (TPSA) is 54.0 Å². The van der Waals surface area contributed by atoms with Crippen molar-refractivity contribution in [2.45, 2.75) is 32.9 Å². The highest BCUT2D eigenvalue weighted by Gasteiger charge is 2.49. The molecule has 0 bridgehead atoms. The molecule has 16 heavy (non-hydrogen) atoms. The van der Waals surface area contributed by atoms with Gasteiger partial charge in [0, 0.05) is 21.3 Å². The summed E-state index contributed by atoms with van der Waals surface area (Å²) in [4.78, 5) is 11.5. The van der Waals surface area contributed by atoms with Gasteiger partial charge >= 0.3 is 14.8 Å². The van der Waals surface area contributed by atoms with Crippen LogP contribution in [0.15, 0.2) is 0 Å². The molecule has 0 aromatic rings. The second-order valence-corrected chi connectivity index (χ2v) is 6.78. The van der Waals surface area contributed by atoms with Gasteiger partial charge in [0.25, 0.3) is 0 Å². The summed E-state index contributed by atoms with van der Waals surface area (Å²) in [7, 11) is 1.62. The van der Waals surface area contributed by atoms with E-state index in [1.807, 2.05) is 6.92 Å². The number of carbonyl (C=O) groups is 1. The minimum Gasteiger partial charge on any atom is -0.458 e. The standard InChI is InChI=1S/C10H22O5Si/c1-7-9(15-10(11)8(2)3)16(12-4,13-5)14-6/h8-9H,7H2,1-6H3. The van der Waals surface area contributed by atoms with E-state index >= 15 is 0 Å². The van der Waals surface area contributed by atoms with Gasteiger partial charge in [-0.1, -0.05) is 20.8 Å². The average molecular weight is 250 g/mol. The number of hydrogen-bond acceptors (Lipinski definition) is 5. The fourth-order valence-electron chi connectivity index (χ4n) is 1.33. The summed E-state index contributed by atoms with van der Waals surface area (Å²) in [5.74, 6) is -0.443. The molecule has 0 saturated carbocycles. The number of carbonyl (C=O) groups excluding carboxylic acids is 1. The van der Waals surface area contributed by atoms with Crippen LogP contribution in [0.5, 0.6) is 0 Å². The van der Waals surface area contributed by atoms with Gasteiger partial charge in [-0.15, -0.1) is 0 Å². The maximum Gasteiger partial charge on any atom is 0.543 e. The third kappa shape index (κ3) is 3.55. The minimum absolute atomic E-state index is 0.175. The average Bonchev–Trinajstić information content (AvgIpc) is 2.29. The zero-order chi connectivity index (χ0) is 12.8. The van der Waals surface area contributed by atoms with Crippen molar-refractivity contribution in [3.05, 3.63) is 0 Å². The molecule has 0 aliphatic heterocycles. The highest BCUT2D eigenvalue weighted by molar-refractivity contribution is 6.62. The molecule has 5 nitrogen and oxygen atoms in total. The molecule has 0 aliphatic carbocycles. The third-order valence-corrected chi connectivity index (χ3v) is 5.37. The van der Waals surface area contributed by atoms with Gasteiger partial charge in [0.05, 0.1) is 5.92 Å². The van der Waals surface area contributed by atoms with Crippen molar-refractivity contribution in [1.29, 1.82) is 0 Å². The first kappa shape index (κ1) is 15.6. The second kappa shape index (κ2) is 7.00. The first-order chi connectivity index (χ1) is 7.47. The molecule has 0 radical (unpaired) electrons. The van der Waals surface area contributed by atoms with Crippen molar-refractivity contribution in [3.63, 3.8) is 0 Å². The predicted molar refractivity (Wildman–Crippen MR) is 61.8 cm³/mol. The van der Waals surface area contributed by atoms with E-state index in [0.29, 0.717) is 6.42 Å². The van der Waals surface area contributed by atoms with E-state index in [9.17, 15) is 4.79 Å². The van der Waals surface area contributed by atoms with E-state index in [-0.39, 0.29) is 11.9 Å². The zero-order valence-corrected chi connectivity index (χ0v) is 11.9. The van der Waals surface area contributed by atoms with Crippen LogP contribution < -0.4 is 0 Å². The van der Waals surface area contributed by atoms with E-state index in [4.69, 9.17) is 18.0 Å². The summed E-state index contributed by atoms with van der Waals surface area (Å²) in [6.07, 6.45) is 0.597. The predicted octanol–water partition coefficient (Wildman–Crippen LogP) is 1.38. The van der Waals surface area contributed by atoms with Crippen molar-refractivity contribution in [2.75, 3.05) is 21.3 Å². The molecule has 1 unspecified atom stereocenters. The molecule has 0 aliphatic rings. The smallest absolute Gasteiger partial charge is 0.458 e. The van der Waals surface area contributed by atoms with Crippen molar-refractivity contribution >= 4 is 14.8 Å². The van der Waals surface area contributed by atoms with E-state index in [0.717, 1.165) is 0 Å². The highest BCUT2D eigenvalue weighted by atomic mass is 28.4. The Morgan fingerprint density at radius 1 is 1.12 bits per heavy atom. The van der Waals surface area contributed by atoms with Crippen LogP contribution in [-0.4, -0.2) is 41.8 Å². The van der Waals surface area contributed by atoms with Gasteiger partial charge in [-0.25, -0.2) is 0 Å². The summed E-state index contributed by atoms with van der Waals surface area (Å²) in [6.45, 7) is 5.46. The SMILES string of the molecule is CCC(OC(=O)C(C)C)[Si](OC)(OC)OC. The van der Waals surface area contributed by atoms with Crippen LogP contribution in [0.1, 0.15) is 27.2 Å². The summed E-state index contributed by atoms with van der Waals surface area (Å²) in [5.41, 5.74) is -0.456. The Bertz CT molecular complexity index is 207. The summed E-state index contributed by atoms with van der Waals surface area (Å²) in [5, 5.41) is 0. The first-order valence-electron chi connectivity index (χ1n) is 5.33. The number of hydrogen-bond donors (Lipinski definition) is 0. The van der Waals surface area contributed by atoms with Crippen molar-refractivity contribution in [3.8, 4) is 0 Å². The zero-order valence-electron chi connectivity index (χ0n) is 10.9. The van der Waals surface area contributed by atoms with Crippen LogP contribution in [0.2, 0.25) is 0 Å². The molecule has 0 N–H and O–H groups in total. The largest absolute Gasteiger partial charge is 0.543 e. The van der Waals surface area contributed by atoms with Crippen LogP contribution in [0, 0.1) is 5.92 Å². The lowest BCUT2D eigenvalue weighted by atomic mass is 10.2. The molecular formula is C10H22O5Si. The molecule has 0 aromatic carbocycles. The Hall–Kier alpha value is -0.433. The van der Waals surface area contributed by atoms with Crippen LogP contribution >= 0.6 is 0 Å². The molecule has 0 saturated heterocycles. The summed E-state index contributed by atoms with van der Waals surface area (Å²) in [6, 6.07) is 0.